The van der Waals surface area contributed by atoms with Gasteiger partial charge in [-0.15, -0.1) is 0 Å². The molecule has 2 saturated heterocycles. The molecule has 0 radical (unpaired) electrons. The van der Waals surface area contributed by atoms with Gasteiger partial charge in [-0.2, -0.15) is 0 Å². The van der Waals surface area contributed by atoms with Crippen LogP contribution in [0.1, 0.15) is 13.8 Å². The fourth-order valence-corrected chi connectivity index (χ4v) is 5.48. The molecule has 0 spiro atoms. The van der Waals surface area contributed by atoms with Crippen molar-refractivity contribution >= 4 is 22.9 Å². The lowest BCUT2D eigenvalue weighted by molar-refractivity contribution is -0.358. The molecule has 278 valence electrons. The van der Waals surface area contributed by atoms with Crippen LogP contribution < -0.4 is 14.9 Å². The van der Waals surface area contributed by atoms with E-state index in [4.69, 9.17) is 37.6 Å². The quantitative estimate of drug-likeness (QED) is 0.0893. The number of phenols is 3. The van der Waals surface area contributed by atoms with E-state index in [9.17, 15) is 55.2 Å². The van der Waals surface area contributed by atoms with Crippen LogP contribution in [-0.4, -0.2) is 135 Å². The maximum Gasteiger partial charge on any atom is 0.302 e. The van der Waals surface area contributed by atoms with E-state index in [-0.39, 0.29) is 22.8 Å². The molecule has 10 atom stereocenters. The Labute approximate surface area is 287 Å². The molecule has 1 aromatic heterocycles. The van der Waals surface area contributed by atoms with Crippen LogP contribution in [0.5, 0.6) is 28.7 Å². The highest BCUT2D eigenvalue weighted by molar-refractivity contribution is 5.91. The summed E-state index contributed by atoms with van der Waals surface area (Å²) >= 11 is 0. The number of aliphatic hydroxyl groups is 5. The van der Waals surface area contributed by atoms with Gasteiger partial charge in [0.15, 0.2) is 40.7 Å². The lowest BCUT2D eigenvalue weighted by Crippen LogP contribution is -2.65. The summed E-state index contributed by atoms with van der Waals surface area (Å²) in [4.78, 5) is 35.9. The molecule has 3 aromatic rings. The number of methoxy groups -OCH3 is 1. The molecule has 19 heteroatoms. The van der Waals surface area contributed by atoms with Crippen molar-refractivity contribution in [3.8, 4) is 40.1 Å². The van der Waals surface area contributed by atoms with Crippen molar-refractivity contribution < 1.29 is 88.0 Å². The van der Waals surface area contributed by atoms with Crippen LogP contribution in [0.4, 0.5) is 0 Å². The van der Waals surface area contributed by atoms with E-state index in [2.05, 4.69) is 0 Å². The molecule has 0 saturated carbocycles. The standard InChI is InChI=1S/C32H36O19/c1-11(33)45-9-20-23(38)26(41)28(43)31(49-20)51-30-27(42)24(39)21(10-46-12(2)34)50-32(30)48-19-8-16(37)22-15(36)7-18(47-29(22)25(19)40)13-4-5-17(44-3)14(35)6-13/h4-8,20-21,23-24,26-28,30-32,35,37-43H,9-10H2,1-3H3/t20-,21-,23-,24-,26-,27+,28-,30-,31+,32-/m1/s1. The second-order valence-corrected chi connectivity index (χ2v) is 11.7. The van der Waals surface area contributed by atoms with E-state index >= 15 is 0 Å². The maximum absolute atomic E-state index is 13.1. The summed E-state index contributed by atoms with van der Waals surface area (Å²) in [5.74, 6) is -4.07. The molecule has 8 N–H and O–H groups in total. The van der Waals surface area contributed by atoms with Crippen LogP contribution in [0.15, 0.2) is 39.5 Å². The minimum atomic E-state index is -1.99. The number of carbonyl (C=O) groups is 2. The largest absolute Gasteiger partial charge is 0.507 e. The first kappa shape index (κ1) is 37.5. The summed E-state index contributed by atoms with van der Waals surface area (Å²) in [5.41, 5.74) is -1.20. The maximum atomic E-state index is 13.1. The molecule has 0 bridgehead atoms. The van der Waals surface area contributed by atoms with Gasteiger partial charge in [-0.3, -0.25) is 14.4 Å². The number of hydrogen-bond acceptors (Lipinski definition) is 19. The first-order chi connectivity index (χ1) is 24.1. The van der Waals surface area contributed by atoms with E-state index in [1.54, 1.807) is 0 Å². The normalized spacial score (nSPS) is 29.3. The monoisotopic (exact) mass is 724 g/mol. The molecule has 51 heavy (non-hydrogen) atoms. The van der Waals surface area contributed by atoms with Gasteiger partial charge in [0, 0.05) is 31.5 Å². The molecular formula is C32H36O19. The first-order valence-electron chi connectivity index (χ1n) is 15.3. The summed E-state index contributed by atoms with van der Waals surface area (Å²) in [6.45, 7) is 0.963. The molecule has 2 fully saturated rings. The Kier molecular flexibility index (Phi) is 11.2. The summed E-state index contributed by atoms with van der Waals surface area (Å²) in [5, 5.41) is 85.3. The zero-order chi connectivity index (χ0) is 37.3. The molecule has 0 unspecified atom stereocenters. The van der Waals surface area contributed by atoms with Crippen molar-refractivity contribution in [3.63, 3.8) is 0 Å². The van der Waals surface area contributed by atoms with E-state index in [0.717, 1.165) is 26.0 Å². The predicted molar refractivity (Wildman–Crippen MR) is 166 cm³/mol. The fourth-order valence-electron chi connectivity index (χ4n) is 5.48. The minimum Gasteiger partial charge on any atom is -0.507 e. The van der Waals surface area contributed by atoms with Gasteiger partial charge in [-0.05, 0) is 18.2 Å². The number of phenolic OH excluding ortho intramolecular Hbond substituents is 3. The second-order valence-electron chi connectivity index (χ2n) is 11.7. The Hall–Kier alpha value is -4.73. The Balaban J connectivity index is 1.51. The molecule has 2 aliphatic rings. The molecule has 19 nitrogen and oxygen atoms in total. The number of carbonyl (C=O) groups excluding carboxylic acids is 2. The number of ether oxygens (including phenoxy) is 7. The number of benzene rings is 2. The Morgan fingerprint density at radius 1 is 0.745 bits per heavy atom. The van der Waals surface area contributed by atoms with E-state index in [1.165, 1.54) is 25.3 Å². The third-order valence-electron chi connectivity index (χ3n) is 8.13. The summed E-state index contributed by atoms with van der Waals surface area (Å²) in [6.07, 6.45) is -18.1. The van der Waals surface area contributed by atoms with Gasteiger partial charge >= 0.3 is 11.9 Å². The van der Waals surface area contributed by atoms with Crippen molar-refractivity contribution in [2.45, 2.75) is 75.3 Å². The van der Waals surface area contributed by atoms with Gasteiger partial charge in [-0.1, -0.05) is 0 Å². The topological polar surface area (TPSA) is 291 Å². The highest BCUT2D eigenvalue weighted by Crippen LogP contribution is 2.43. The van der Waals surface area contributed by atoms with Crippen LogP contribution in [0.3, 0.4) is 0 Å². The van der Waals surface area contributed by atoms with Crippen molar-refractivity contribution in [2.24, 2.45) is 0 Å². The Morgan fingerprint density at radius 3 is 1.94 bits per heavy atom. The number of hydrogen-bond donors (Lipinski definition) is 8. The number of rotatable bonds is 10. The smallest absolute Gasteiger partial charge is 0.302 e. The third-order valence-corrected chi connectivity index (χ3v) is 8.13. The fraction of sp³-hybridized carbons (Fsp3) is 0.469. The molecule has 0 aliphatic carbocycles. The minimum absolute atomic E-state index is 0.124. The number of aromatic hydroxyl groups is 3. The predicted octanol–water partition coefficient (Wildman–Crippen LogP) is -1.27. The van der Waals surface area contributed by atoms with Crippen LogP contribution in [0.2, 0.25) is 0 Å². The molecular weight excluding hydrogens is 688 g/mol. The van der Waals surface area contributed by atoms with Crippen molar-refractivity contribution in [2.75, 3.05) is 20.3 Å². The van der Waals surface area contributed by atoms with Gasteiger partial charge < -0.3 is 78.4 Å². The number of aliphatic hydroxyl groups excluding tert-OH is 5. The SMILES string of the molecule is COc1ccc(-c2cc(=O)c3c(O)cc(O[C@@H]4O[C@H](COC(C)=O)[C@@H](O)[C@H](O)[C@H]4O[C@@H]4O[C@H](COC(C)=O)[C@@H](O)[C@@H](O)[C@H]4O)c(O)c3o2)cc1O. The average molecular weight is 725 g/mol. The molecule has 3 heterocycles. The van der Waals surface area contributed by atoms with Gasteiger partial charge in [0.05, 0.1) is 7.11 Å². The van der Waals surface area contributed by atoms with Gasteiger partial charge in [0.1, 0.15) is 72.8 Å². The highest BCUT2D eigenvalue weighted by Gasteiger charge is 2.52. The van der Waals surface area contributed by atoms with Gasteiger partial charge in [-0.25, -0.2) is 0 Å². The lowest BCUT2D eigenvalue weighted by atomic mass is 9.97. The lowest BCUT2D eigenvalue weighted by Gasteiger charge is -2.46. The van der Waals surface area contributed by atoms with Gasteiger partial charge in [0.2, 0.25) is 12.0 Å². The van der Waals surface area contributed by atoms with Crippen molar-refractivity contribution in [1.29, 1.82) is 0 Å². The van der Waals surface area contributed by atoms with Crippen LogP contribution >= 0.6 is 0 Å². The Bertz CT molecular complexity index is 1810. The zero-order valence-corrected chi connectivity index (χ0v) is 27.1. The second kappa shape index (κ2) is 15.3. The van der Waals surface area contributed by atoms with Crippen LogP contribution in [0, 0.1) is 0 Å². The summed E-state index contributed by atoms with van der Waals surface area (Å²) in [6, 6.07) is 5.88. The zero-order valence-electron chi connectivity index (χ0n) is 27.1. The van der Waals surface area contributed by atoms with Crippen molar-refractivity contribution in [3.05, 3.63) is 40.6 Å². The van der Waals surface area contributed by atoms with Gasteiger partial charge in [0.25, 0.3) is 0 Å². The van der Waals surface area contributed by atoms with E-state index < -0.39 is 120 Å². The van der Waals surface area contributed by atoms with E-state index in [1.807, 2.05) is 0 Å². The Morgan fingerprint density at radius 2 is 1.35 bits per heavy atom. The summed E-state index contributed by atoms with van der Waals surface area (Å²) < 4.78 is 43.3. The summed E-state index contributed by atoms with van der Waals surface area (Å²) in [7, 11) is 1.33. The van der Waals surface area contributed by atoms with Crippen LogP contribution in [-0.2, 0) is 33.3 Å². The first-order valence-corrected chi connectivity index (χ1v) is 15.3. The molecule has 5 rings (SSSR count). The average Bonchev–Trinajstić information content (AvgIpc) is 3.08. The highest BCUT2D eigenvalue weighted by atomic mass is 16.8. The van der Waals surface area contributed by atoms with Crippen molar-refractivity contribution in [1.82, 2.24) is 0 Å². The van der Waals surface area contributed by atoms with Crippen LogP contribution in [0.25, 0.3) is 22.3 Å². The van der Waals surface area contributed by atoms with E-state index in [0.29, 0.717) is 0 Å². The molecule has 0 amide bonds. The third kappa shape index (κ3) is 7.80. The number of fused-ring (bicyclic) bond motifs is 1. The molecule has 2 aliphatic heterocycles. The number of esters is 2. The molecule has 2 aromatic carbocycles.